The molecule has 1 aliphatic rings. The number of nitriles is 1. The molecule has 2 aromatic rings. The number of benzene rings is 1. The average Bonchev–Trinajstić information content (AvgIpc) is 3.24. The zero-order valence-electron chi connectivity index (χ0n) is 11.4. The maximum Gasteiger partial charge on any atom is 0.261 e. The van der Waals surface area contributed by atoms with Crippen molar-refractivity contribution in [3.05, 3.63) is 29.6 Å². The van der Waals surface area contributed by atoms with Gasteiger partial charge in [0.05, 0.1) is 29.3 Å². The fourth-order valence-corrected chi connectivity index (χ4v) is 2.47. The van der Waals surface area contributed by atoms with E-state index in [-0.39, 0.29) is 6.61 Å². The molecule has 3 rings (SSSR count). The van der Waals surface area contributed by atoms with Crippen LogP contribution in [0.3, 0.4) is 0 Å². The number of imidazole rings is 1. The molecule has 1 aliphatic carbocycles. The van der Waals surface area contributed by atoms with Crippen molar-refractivity contribution >= 4 is 11.0 Å². The van der Waals surface area contributed by atoms with Crippen LogP contribution in [0, 0.1) is 11.3 Å². The van der Waals surface area contributed by atoms with E-state index in [1.165, 1.54) is 0 Å². The van der Waals surface area contributed by atoms with Gasteiger partial charge in [-0.1, -0.05) is 0 Å². The molecule has 0 spiro atoms. The van der Waals surface area contributed by atoms with Crippen molar-refractivity contribution in [3.63, 3.8) is 0 Å². The number of halogens is 2. The Morgan fingerprint density at radius 1 is 1.43 bits per heavy atom. The molecular weight excluding hydrogens is 276 g/mol. The third kappa shape index (κ3) is 3.03. The molecule has 1 fully saturated rings. The lowest BCUT2D eigenvalue weighted by Gasteiger charge is -2.08. The van der Waals surface area contributed by atoms with Crippen molar-refractivity contribution in [1.29, 1.82) is 5.26 Å². The summed E-state index contributed by atoms with van der Waals surface area (Å²) in [7, 11) is 0. The van der Waals surface area contributed by atoms with Gasteiger partial charge >= 0.3 is 0 Å². The quantitative estimate of drug-likeness (QED) is 0.769. The van der Waals surface area contributed by atoms with Crippen LogP contribution in [0.25, 0.3) is 11.0 Å². The van der Waals surface area contributed by atoms with Crippen molar-refractivity contribution in [2.24, 2.45) is 0 Å². The predicted molar refractivity (Wildman–Crippen MR) is 73.2 cm³/mol. The molecule has 4 nitrogen and oxygen atoms in total. The minimum Gasteiger partial charge on any atom is -0.375 e. The van der Waals surface area contributed by atoms with Gasteiger partial charge in [-0.05, 0) is 31.0 Å². The number of aromatic nitrogens is 2. The van der Waals surface area contributed by atoms with Gasteiger partial charge in [0.15, 0.2) is 0 Å². The molecule has 0 saturated heterocycles. The first-order valence-electron chi connectivity index (χ1n) is 6.96. The molecule has 1 aromatic heterocycles. The molecule has 21 heavy (non-hydrogen) atoms. The first-order valence-corrected chi connectivity index (χ1v) is 6.96. The van der Waals surface area contributed by atoms with Gasteiger partial charge in [0.25, 0.3) is 6.43 Å². The Labute approximate surface area is 121 Å². The molecule has 0 N–H and O–H groups in total. The van der Waals surface area contributed by atoms with E-state index in [9.17, 15) is 8.78 Å². The fraction of sp³-hybridized carbons (Fsp3) is 0.467. The van der Waals surface area contributed by atoms with Gasteiger partial charge < -0.3 is 9.30 Å². The summed E-state index contributed by atoms with van der Waals surface area (Å²) in [6, 6.07) is 7.98. The van der Waals surface area contributed by atoms with E-state index in [1.807, 2.05) is 6.07 Å². The lowest BCUT2D eigenvalue weighted by atomic mass is 10.2. The predicted octanol–water partition coefficient (Wildman–Crippen LogP) is 3.07. The summed E-state index contributed by atoms with van der Waals surface area (Å²) in [6.07, 6.45) is 0.275. The standard InChI is InChI=1S/C15H15F2N3O/c16-14(17)9-21-6-5-15-19-12-7-10(8-18)1-4-13(12)20(15)11-2-3-11/h1,4,7,11,14H,2-3,5-6,9H2. The van der Waals surface area contributed by atoms with Crippen LogP contribution in [-0.2, 0) is 11.2 Å². The van der Waals surface area contributed by atoms with E-state index in [4.69, 9.17) is 10.00 Å². The lowest BCUT2D eigenvalue weighted by molar-refractivity contribution is 0.0181. The second-order valence-electron chi connectivity index (χ2n) is 5.16. The Morgan fingerprint density at radius 3 is 2.90 bits per heavy atom. The number of alkyl halides is 2. The Bertz CT molecular complexity index is 686. The normalized spacial score (nSPS) is 14.8. The lowest BCUT2D eigenvalue weighted by Crippen LogP contribution is -2.10. The van der Waals surface area contributed by atoms with Crippen LogP contribution in [0.5, 0.6) is 0 Å². The molecule has 110 valence electrons. The van der Waals surface area contributed by atoms with E-state index >= 15 is 0 Å². The summed E-state index contributed by atoms with van der Waals surface area (Å²) >= 11 is 0. The van der Waals surface area contributed by atoms with Gasteiger partial charge in [-0.25, -0.2) is 13.8 Å². The van der Waals surface area contributed by atoms with Crippen LogP contribution < -0.4 is 0 Å². The second-order valence-corrected chi connectivity index (χ2v) is 5.16. The first kappa shape index (κ1) is 14.0. The Morgan fingerprint density at radius 2 is 2.24 bits per heavy atom. The third-order valence-corrected chi connectivity index (χ3v) is 3.52. The molecule has 1 saturated carbocycles. The van der Waals surface area contributed by atoms with Gasteiger partial charge in [-0.2, -0.15) is 5.26 Å². The maximum absolute atomic E-state index is 12.1. The molecule has 0 bridgehead atoms. The van der Waals surface area contributed by atoms with Crippen molar-refractivity contribution in [2.45, 2.75) is 31.7 Å². The van der Waals surface area contributed by atoms with E-state index < -0.39 is 13.0 Å². The SMILES string of the molecule is N#Cc1ccc2c(c1)nc(CCOCC(F)F)n2C1CC1. The maximum atomic E-state index is 12.1. The highest BCUT2D eigenvalue weighted by Gasteiger charge is 2.28. The number of hydrogen-bond acceptors (Lipinski definition) is 3. The molecule has 0 aliphatic heterocycles. The summed E-state index contributed by atoms with van der Waals surface area (Å²) in [5, 5.41) is 8.94. The number of nitrogens with zero attached hydrogens (tertiary/aromatic N) is 3. The van der Waals surface area contributed by atoms with E-state index in [2.05, 4.69) is 15.6 Å². The minimum absolute atomic E-state index is 0.228. The highest BCUT2D eigenvalue weighted by atomic mass is 19.3. The molecule has 0 amide bonds. The van der Waals surface area contributed by atoms with Gasteiger partial charge in [-0.15, -0.1) is 0 Å². The van der Waals surface area contributed by atoms with Crippen LogP contribution in [-0.4, -0.2) is 29.2 Å². The second kappa shape index (κ2) is 5.78. The Balaban J connectivity index is 1.83. The summed E-state index contributed by atoms with van der Waals surface area (Å²) < 4.78 is 31.2. The molecule has 1 aromatic carbocycles. The number of hydrogen-bond donors (Lipinski definition) is 0. The molecule has 6 heteroatoms. The molecule has 1 heterocycles. The van der Waals surface area contributed by atoms with Gasteiger partial charge in [0.1, 0.15) is 12.4 Å². The smallest absolute Gasteiger partial charge is 0.261 e. The van der Waals surface area contributed by atoms with Gasteiger partial charge in [0, 0.05) is 12.5 Å². The van der Waals surface area contributed by atoms with Crippen molar-refractivity contribution in [1.82, 2.24) is 9.55 Å². The Hall–Kier alpha value is -2.00. The van der Waals surface area contributed by atoms with Crippen LogP contribution in [0.4, 0.5) is 8.78 Å². The molecule has 0 atom stereocenters. The number of fused-ring (bicyclic) bond motifs is 1. The van der Waals surface area contributed by atoms with Crippen molar-refractivity contribution in [3.8, 4) is 6.07 Å². The molecule has 0 unspecified atom stereocenters. The number of ether oxygens (including phenoxy) is 1. The summed E-state index contributed by atoms with van der Waals surface area (Å²) in [4.78, 5) is 4.54. The largest absolute Gasteiger partial charge is 0.375 e. The Kier molecular flexibility index (Phi) is 3.84. The molecular formula is C15H15F2N3O. The van der Waals surface area contributed by atoms with E-state index in [0.717, 1.165) is 29.7 Å². The summed E-state index contributed by atoms with van der Waals surface area (Å²) in [6.45, 7) is -0.312. The monoisotopic (exact) mass is 291 g/mol. The minimum atomic E-state index is -2.44. The van der Waals surface area contributed by atoms with E-state index in [1.54, 1.807) is 12.1 Å². The zero-order valence-corrected chi connectivity index (χ0v) is 11.4. The molecule has 0 radical (unpaired) electrons. The summed E-state index contributed by atoms with van der Waals surface area (Å²) in [5.74, 6) is 0.844. The summed E-state index contributed by atoms with van der Waals surface area (Å²) in [5.41, 5.74) is 2.36. The first-order chi connectivity index (χ1) is 10.2. The number of rotatable bonds is 6. The average molecular weight is 291 g/mol. The van der Waals surface area contributed by atoms with Gasteiger partial charge in [-0.3, -0.25) is 0 Å². The van der Waals surface area contributed by atoms with Crippen LogP contribution in [0.2, 0.25) is 0 Å². The highest BCUT2D eigenvalue weighted by molar-refractivity contribution is 5.78. The van der Waals surface area contributed by atoms with Crippen LogP contribution in [0.15, 0.2) is 18.2 Å². The van der Waals surface area contributed by atoms with Crippen LogP contribution in [0.1, 0.15) is 30.3 Å². The topological polar surface area (TPSA) is 50.8 Å². The van der Waals surface area contributed by atoms with Gasteiger partial charge in [0.2, 0.25) is 0 Å². The third-order valence-electron chi connectivity index (χ3n) is 3.52. The fourth-order valence-electron chi connectivity index (χ4n) is 2.47. The highest BCUT2D eigenvalue weighted by Crippen LogP contribution is 2.38. The zero-order chi connectivity index (χ0) is 14.8. The van der Waals surface area contributed by atoms with Crippen molar-refractivity contribution < 1.29 is 13.5 Å². The van der Waals surface area contributed by atoms with E-state index in [0.29, 0.717) is 18.0 Å². The van der Waals surface area contributed by atoms with Crippen LogP contribution >= 0.6 is 0 Å². The van der Waals surface area contributed by atoms with Crippen molar-refractivity contribution in [2.75, 3.05) is 13.2 Å².